The van der Waals surface area contributed by atoms with Crippen molar-refractivity contribution in [3.63, 3.8) is 0 Å². The van der Waals surface area contributed by atoms with Crippen molar-refractivity contribution in [1.82, 2.24) is 10.3 Å². The van der Waals surface area contributed by atoms with E-state index in [0.717, 1.165) is 15.2 Å². The summed E-state index contributed by atoms with van der Waals surface area (Å²) in [5.41, 5.74) is 1.51. The number of hydrogen-bond donors (Lipinski definition) is 1. The zero-order chi connectivity index (χ0) is 23.4. The molecule has 1 aromatic heterocycles. The summed E-state index contributed by atoms with van der Waals surface area (Å²) in [6.07, 6.45) is 0. The van der Waals surface area contributed by atoms with Gasteiger partial charge in [0.2, 0.25) is 0 Å². The van der Waals surface area contributed by atoms with E-state index >= 15 is 0 Å². The molecule has 0 aliphatic carbocycles. The predicted molar refractivity (Wildman–Crippen MR) is 146 cm³/mol. The Bertz CT molecular complexity index is 1290. The number of thiazole rings is 1. The summed E-state index contributed by atoms with van der Waals surface area (Å²) in [6, 6.07) is 41.8. The number of aromatic nitrogens is 1. The number of rotatable bonds is 6. The number of nitrogens with zero attached hydrogens (tertiary/aromatic N) is 1. The summed E-state index contributed by atoms with van der Waals surface area (Å²) >= 11 is 1.63. The monoisotopic (exact) mass is 479 g/mol. The lowest BCUT2D eigenvalue weighted by atomic mass is 10.2. The molecule has 0 radical (unpaired) electrons. The summed E-state index contributed by atoms with van der Waals surface area (Å²) in [4.78, 5) is 18.2. The van der Waals surface area contributed by atoms with Crippen LogP contribution >= 0.6 is 18.6 Å². The van der Waals surface area contributed by atoms with Crippen molar-refractivity contribution in [1.29, 1.82) is 0 Å². The Morgan fingerprint density at radius 2 is 1.09 bits per heavy atom. The average molecular weight is 480 g/mol. The fraction of sp³-hybridized carbons (Fsp3) is 0.0345. The molecule has 0 spiro atoms. The molecular formula is C29H24N2OPS+. The lowest BCUT2D eigenvalue weighted by Gasteiger charge is -2.26. The fourth-order valence-corrected chi connectivity index (χ4v) is 10.8. The van der Waals surface area contributed by atoms with Crippen molar-refractivity contribution in [2.24, 2.45) is 0 Å². The van der Waals surface area contributed by atoms with E-state index in [2.05, 4.69) is 78.1 Å². The maximum absolute atomic E-state index is 13.3. The molecule has 0 saturated carbocycles. The third kappa shape index (κ3) is 3.86. The van der Waals surface area contributed by atoms with Gasteiger partial charge in [-0.25, -0.2) is 4.98 Å². The molecular weight excluding hydrogens is 455 g/mol. The molecule has 0 unspecified atom stereocenters. The van der Waals surface area contributed by atoms with Gasteiger partial charge in [-0.05, 0) is 36.4 Å². The third-order valence-electron chi connectivity index (χ3n) is 5.81. The Kier molecular flexibility index (Phi) is 6.35. The molecule has 0 aliphatic rings. The average Bonchev–Trinajstić information content (AvgIpc) is 3.37. The molecule has 34 heavy (non-hydrogen) atoms. The van der Waals surface area contributed by atoms with E-state index in [-0.39, 0.29) is 5.91 Å². The first-order valence-electron chi connectivity index (χ1n) is 11.1. The van der Waals surface area contributed by atoms with E-state index in [0.29, 0.717) is 5.69 Å². The second kappa shape index (κ2) is 9.72. The van der Waals surface area contributed by atoms with Crippen molar-refractivity contribution in [2.45, 2.75) is 0 Å². The Morgan fingerprint density at radius 1 is 0.676 bits per heavy atom. The van der Waals surface area contributed by atoms with Crippen LogP contribution in [-0.4, -0.2) is 17.9 Å². The highest BCUT2D eigenvalue weighted by Gasteiger charge is 2.52. The van der Waals surface area contributed by atoms with Crippen molar-refractivity contribution in [3.05, 3.63) is 127 Å². The smallest absolute Gasteiger partial charge is 0.274 e. The van der Waals surface area contributed by atoms with E-state index in [1.54, 1.807) is 18.4 Å². The molecule has 5 heteroatoms. The van der Waals surface area contributed by atoms with Crippen molar-refractivity contribution >= 4 is 45.0 Å². The predicted octanol–water partition coefficient (Wildman–Crippen LogP) is 4.79. The van der Waals surface area contributed by atoms with Crippen LogP contribution in [0.25, 0.3) is 10.6 Å². The van der Waals surface area contributed by atoms with Gasteiger partial charge in [-0.15, -0.1) is 0 Å². The summed E-state index contributed by atoms with van der Waals surface area (Å²) in [7, 11) is -0.747. The normalized spacial score (nSPS) is 11.2. The van der Waals surface area contributed by atoms with Crippen LogP contribution in [0.3, 0.4) is 0 Å². The van der Waals surface area contributed by atoms with Gasteiger partial charge in [0.1, 0.15) is 20.9 Å². The van der Waals surface area contributed by atoms with E-state index in [4.69, 9.17) is 4.98 Å². The van der Waals surface area contributed by atoms with Crippen LogP contribution in [0.4, 0.5) is 0 Å². The first-order chi connectivity index (χ1) is 16.7. The van der Waals surface area contributed by atoms with Crippen LogP contribution in [0.2, 0.25) is 0 Å². The number of amides is 1. The molecule has 0 bridgehead atoms. The topological polar surface area (TPSA) is 42.0 Å². The zero-order valence-electron chi connectivity index (χ0n) is 18.8. The molecule has 1 N–H and O–H groups in total. The first kappa shape index (κ1) is 22.2. The standard InChI is InChI=1S/C29H23N2OPS/c1-30-27(32)26-29(34-28(31-26)22-14-6-2-7-15-22)33(23-16-8-3-9-17-23,24-18-10-4-11-19-24)25-20-12-5-13-21-25/h2-21H,1H3/p+1. The molecule has 0 atom stereocenters. The maximum atomic E-state index is 13.3. The Hall–Kier alpha value is -3.59. The second-order valence-corrected chi connectivity index (χ2v) is 12.4. The van der Waals surface area contributed by atoms with E-state index in [9.17, 15) is 4.79 Å². The van der Waals surface area contributed by atoms with Crippen LogP contribution in [0.1, 0.15) is 10.5 Å². The molecule has 4 aromatic carbocycles. The summed E-state index contributed by atoms with van der Waals surface area (Å²) < 4.78 is 1.01. The van der Waals surface area contributed by atoms with E-state index in [1.165, 1.54) is 15.9 Å². The molecule has 0 fully saturated rings. The molecule has 5 rings (SSSR count). The zero-order valence-corrected chi connectivity index (χ0v) is 20.5. The van der Waals surface area contributed by atoms with Gasteiger partial charge in [0.25, 0.3) is 5.91 Å². The van der Waals surface area contributed by atoms with Crippen molar-refractivity contribution in [3.8, 4) is 10.6 Å². The molecule has 166 valence electrons. The number of carbonyl (C=O) groups is 1. The SMILES string of the molecule is CNC(=O)c1nc(-c2ccccc2)sc1[P+](c1ccccc1)(c1ccccc1)c1ccccc1. The fourth-order valence-electron chi connectivity index (χ4n) is 4.26. The number of benzene rings is 4. The summed E-state index contributed by atoms with van der Waals surface area (Å²) in [6.45, 7) is 0. The Labute approximate surface area is 204 Å². The van der Waals surface area contributed by atoms with Crippen LogP contribution in [0, 0.1) is 0 Å². The summed E-state index contributed by atoms with van der Waals surface area (Å²) in [5.74, 6) is -0.166. The minimum Gasteiger partial charge on any atom is -0.354 e. The highest BCUT2D eigenvalue weighted by molar-refractivity contribution is 8.04. The van der Waals surface area contributed by atoms with E-state index < -0.39 is 7.26 Å². The highest BCUT2D eigenvalue weighted by atomic mass is 32.1. The van der Waals surface area contributed by atoms with Crippen LogP contribution in [0.5, 0.6) is 0 Å². The highest BCUT2D eigenvalue weighted by Crippen LogP contribution is 2.56. The maximum Gasteiger partial charge on any atom is 0.274 e. The molecule has 5 aromatic rings. The minimum absolute atomic E-state index is 0.166. The molecule has 3 nitrogen and oxygen atoms in total. The van der Waals surface area contributed by atoms with E-state index in [1.807, 2.05) is 48.5 Å². The van der Waals surface area contributed by atoms with Gasteiger partial charge in [-0.1, -0.05) is 96.3 Å². The minimum atomic E-state index is -2.41. The van der Waals surface area contributed by atoms with Crippen molar-refractivity contribution < 1.29 is 4.79 Å². The van der Waals surface area contributed by atoms with Gasteiger partial charge in [-0.3, -0.25) is 4.79 Å². The Balaban J connectivity index is 1.92. The molecule has 0 aliphatic heterocycles. The van der Waals surface area contributed by atoms with Crippen LogP contribution < -0.4 is 25.8 Å². The lowest BCUT2D eigenvalue weighted by molar-refractivity contribution is 0.0960. The number of nitrogens with one attached hydrogen (secondary N) is 1. The number of hydrogen-bond acceptors (Lipinski definition) is 3. The quantitative estimate of drug-likeness (QED) is 0.356. The lowest BCUT2D eigenvalue weighted by Crippen LogP contribution is -2.40. The van der Waals surface area contributed by atoms with Gasteiger partial charge >= 0.3 is 0 Å². The van der Waals surface area contributed by atoms with Gasteiger partial charge in [0.05, 0.1) is 0 Å². The van der Waals surface area contributed by atoms with Crippen LogP contribution in [0.15, 0.2) is 121 Å². The first-order valence-corrected chi connectivity index (χ1v) is 13.7. The van der Waals surface area contributed by atoms with Gasteiger partial charge in [-0.2, -0.15) is 0 Å². The molecule has 1 heterocycles. The van der Waals surface area contributed by atoms with Gasteiger partial charge in [0, 0.05) is 12.6 Å². The van der Waals surface area contributed by atoms with Crippen LogP contribution in [-0.2, 0) is 0 Å². The van der Waals surface area contributed by atoms with Gasteiger partial charge < -0.3 is 5.32 Å². The Morgan fingerprint density at radius 3 is 1.50 bits per heavy atom. The number of carbonyl (C=O) groups excluding carboxylic acids is 1. The van der Waals surface area contributed by atoms with Gasteiger partial charge in [0.15, 0.2) is 17.6 Å². The summed E-state index contributed by atoms with van der Waals surface area (Å²) in [5, 5.41) is 7.27. The third-order valence-corrected chi connectivity index (χ3v) is 11.8. The molecule has 1 amide bonds. The second-order valence-electron chi connectivity index (χ2n) is 7.80. The van der Waals surface area contributed by atoms with Crippen molar-refractivity contribution in [2.75, 3.05) is 7.05 Å². The molecule has 0 saturated heterocycles. The largest absolute Gasteiger partial charge is 0.354 e.